The highest BCUT2D eigenvalue weighted by molar-refractivity contribution is 5.56. The Hall–Kier alpha value is -2.57. The van der Waals surface area contributed by atoms with Crippen molar-refractivity contribution in [2.24, 2.45) is 0 Å². The molecule has 1 atom stereocenters. The number of nitrogens with one attached hydrogen (secondary N) is 1. The van der Waals surface area contributed by atoms with E-state index in [0.29, 0.717) is 5.56 Å². The average molecular weight is 279 g/mol. The van der Waals surface area contributed by atoms with Crippen LogP contribution < -0.4 is 5.32 Å². The molecule has 5 nitrogen and oxygen atoms in total. The van der Waals surface area contributed by atoms with Crippen LogP contribution in [0.4, 0.5) is 20.3 Å². The first-order valence-corrected chi connectivity index (χ1v) is 5.80. The summed E-state index contributed by atoms with van der Waals surface area (Å²) in [6, 6.07) is 5.76. The molecule has 0 fully saturated rings. The van der Waals surface area contributed by atoms with E-state index in [9.17, 15) is 18.9 Å². The van der Waals surface area contributed by atoms with E-state index in [1.165, 1.54) is 24.4 Å². The lowest BCUT2D eigenvalue weighted by Crippen LogP contribution is -2.10. The largest absolute Gasteiger partial charge is 0.358 e. The summed E-state index contributed by atoms with van der Waals surface area (Å²) in [5, 5.41) is 13.7. The Kier molecular flexibility index (Phi) is 3.88. The van der Waals surface area contributed by atoms with Crippen LogP contribution in [0.5, 0.6) is 0 Å². The van der Waals surface area contributed by atoms with Gasteiger partial charge in [-0.1, -0.05) is 6.07 Å². The highest BCUT2D eigenvalue weighted by atomic mass is 19.2. The molecule has 0 bridgehead atoms. The highest BCUT2D eigenvalue weighted by Crippen LogP contribution is 2.26. The van der Waals surface area contributed by atoms with E-state index < -0.39 is 22.6 Å². The van der Waals surface area contributed by atoms with Crippen molar-refractivity contribution in [2.45, 2.75) is 13.0 Å². The molecule has 1 heterocycles. The Bertz CT molecular complexity index is 649. The van der Waals surface area contributed by atoms with Crippen LogP contribution in [0.3, 0.4) is 0 Å². The molecule has 104 valence electrons. The zero-order valence-electron chi connectivity index (χ0n) is 10.5. The number of rotatable bonds is 4. The average Bonchev–Trinajstić information content (AvgIpc) is 2.42. The standard InChI is InChI=1S/C13H11F2N3O2/c1-8(9-4-5-10(14)11(15)7-9)17-13-12(18(19)20)3-2-6-16-13/h2-8H,1H3,(H,16,17). The van der Waals surface area contributed by atoms with E-state index >= 15 is 0 Å². The van der Waals surface area contributed by atoms with Gasteiger partial charge in [-0.15, -0.1) is 0 Å². The first kappa shape index (κ1) is 13.9. The van der Waals surface area contributed by atoms with Crippen molar-refractivity contribution >= 4 is 11.5 Å². The molecule has 0 spiro atoms. The van der Waals surface area contributed by atoms with E-state index in [-0.39, 0.29) is 11.5 Å². The van der Waals surface area contributed by atoms with Crippen LogP contribution in [-0.4, -0.2) is 9.91 Å². The number of pyridine rings is 1. The molecule has 1 aromatic heterocycles. The van der Waals surface area contributed by atoms with Gasteiger partial charge in [0.1, 0.15) is 0 Å². The lowest BCUT2D eigenvalue weighted by Gasteiger charge is -2.15. The molecule has 1 unspecified atom stereocenters. The number of anilines is 1. The summed E-state index contributed by atoms with van der Waals surface area (Å²) in [5.41, 5.74) is 0.283. The molecule has 0 amide bonds. The van der Waals surface area contributed by atoms with Gasteiger partial charge >= 0.3 is 5.69 Å². The Morgan fingerprint density at radius 3 is 2.70 bits per heavy atom. The third-order valence-electron chi connectivity index (χ3n) is 2.78. The minimum Gasteiger partial charge on any atom is -0.358 e. The van der Waals surface area contributed by atoms with Crippen molar-refractivity contribution in [3.05, 3.63) is 63.8 Å². The van der Waals surface area contributed by atoms with Crippen LogP contribution in [0.15, 0.2) is 36.5 Å². The lowest BCUT2D eigenvalue weighted by atomic mass is 10.1. The van der Waals surface area contributed by atoms with E-state index in [2.05, 4.69) is 10.3 Å². The molecule has 2 rings (SSSR count). The SMILES string of the molecule is CC(Nc1ncccc1[N+](=O)[O-])c1ccc(F)c(F)c1. The van der Waals surface area contributed by atoms with Gasteiger partial charge in [0, 0.05) is 12.3 Å². The number of aromatic nitrogens is 1. The number of hydrogen-bond donors (Lipinski definition) is 1. The van der Waals surface area contributed by atoms with Crippen molar-refractivity contribution in [3.8, 4) is 0 Å². The third kappa shape index (κ3) is 2.87. The Morgan fingerprint density at radius 2 is 2.05 bits per heavy atom. The van der Waals surface area contributed by atoms with Crippen LogP contribution in [0.25, 0.3) is 0 Å². The van der Waals surface area contributed by atoms with Crippen LogP contribution in [0, 0.1) is 21.7 Å². The summed E-state index contributed by atoms with van der Waals surface area (Å²) in [4.78, 5) is 14.2. The van der Waals surface area contributed by atoms with Crippen molar-refractivity contribution in [2.75, 3.05) is 5.32 Å². The van der Waals surface area contributed by atoms with Crippen molar-refractivity contribution in [1.82, 2.24) is 4.98 Å². The quantitative estimate of drug-likeness (QED) is 0.687. The number of halogens is 2. The maximum atomic E-state index is 13.2. The molecular weight excluding hydrogens is 268 g/mol. The van der Waals surface area contributed by atoms with Crippen LogP contribution in [0.1, 0.15) is 18.5 Å². The molecule has 0 aliphatic carbocycles. The highest BCUT2D eigenvalue weighted by Gasteiger charge is 2.17. The monoisotopic (exact) mass is 279 g/mol. The van der Waals surface area contributed by atoms with Gasteiger partial charge in [0.05, 0.1) is 11.0 Å². The maximum Gasteiger partial charge on any atom is 0.311 e. The molecule has 0 aliphatic rings. The molecule has 0 saturated carbocycles. The molecule has 1 N–H and O–H groups in total. The number of hydrogen-bond acceptors (Lipinski definition) is 4. The Labute approximate surface area is 113 Å². The zero-order chi connectivity index (χ0) is 14.7. The number of nitro groups is 1. The predicted octanol–water partition coefficient (Wildman–Crippen LogP) is 3.44. The van der Waals surface area contributed by atoms with E-state index in [4.69, 9.17) is 0 Å². The van der Waals surface area contributed by atoms with Gasteiger partial charge in [0.2, 0.25) is 5.82 Å². The molecule has 1 aromatic carbocycles. The summed E-state index contributed by atoms with van der Waals surface area (Å²) in [6.45, 7) is 1.67. The second-order valence-electron chi connectivity index (χ2n) is 4.17. The van der Waals surface area contributed by atoms with Crippen LogP contribution >= 0.6 is 0 Å². The molecule has 0 saturated heterocycles. The number of benzene rings is 1. The first-order chi connectivity index (χ1) is 9.49. The smallest absolute Gasteiger partial charge is 0.311 e. The van der Waals surface area contributed by atoms with Gasteiger partial charge in [-0.2, -0.15) is 0 Å². The second-order valence-corrected chi connectivity index (χ2v) is 4.17. The van der Waals surface area contributed by atoms with Crippen molar-refractivity contribution < 1.29 is 13.7 Å². The summed E-state index contributed by atoms with van der Waals surface area (Å²) in [5.74, 6) is -1.83. The normalized spacial score (nSPS) is 11.9. The summed E-state index contributed by atoms with van der Waals surface area (Å²) in [6.07, 6.45) is 1.41. The zero-order valence-corrected chi connectivity index (χ0v) is 10.5. The van der Waals surface area contributed by atoms with Gasteiger partial charge in [0.25, 0.3) is 0 Å². The third-order valence-corrected chi connectivity index (χ3v) is 2.78. The summed E-state index contributed by atoms with van der Waals surface area (Å²) in [7, 11) is 0. The Morgan fingerprint density at radius 1 is 1.30 bits per heavy atom. The van der Waals surface area contributed by atoms with Gasteiger partial charge in [-0.05, 0) is 30.7 Å². The molecule has 2 aromatic rings. The fourth-order valence-corrected chi connectivity index (χ4v) is 1.73. The van der Waals surface area contributed by atoms with E-state index in [0.717, 1.165) is 12.1 Å². The first-order valence-electron chi connectivity index (χ1n) is 5.80. The van der Waals surface area contributed by atoms with Gasteiger partial charge < -0.3 is 5.32 Å². The van der Waals surface area contributed by atoms with Gasteiger partial charge in [-0.25, -0.2) is 13.8 Å². The van der Waals surface area contributed by atoms with E-state index in [1.807, 2.05) is 0 Å². The fourth-order valence-electron chi connectivity index (χ4n) is 1.73. The van der Waals surface area contributed by atoms with Crippen molar-refractivity contribution in [1.29, 1.82) is 0 Å². The van der Waals surface area contributed by atoms with E-state index in [1.54, 1.807) is 6.92 Å². The predicted molar refractivity (Wildman–Crippen MR) is 69.3 cm³/mol. The fraction of sp³-hybridized carbons (Fsp3) is 0.154. The molecule has 0 aliphatic heterocycles. The molecule has 20 heavy (non-hydrogen) atoms. The van der Waals surface area contributed by atoms with Gasteiger partial charge in [-0.3, -0.25) is 10.1 Å². The maximum absolute atomic E-state index is 13.2. The van der Waals surface area contributed by atoms with Crippen LogP contribution in [-0.2, 0) is 0 Å². The summed E-state index contributed by atoms with van der Waals surface area (Å²) < 4.78 is 26.0. The Balaban J connectivity index is 2.25. The lowest BCUT2D eigenvalue weighted by molar-refractivity contribution is -0.384. The number of nitrogens with zero attached hydrogens (tertiary/aromatic N) is 2. The van der Waals surface area contributed by atoms with Crippen molar-refractivity contribution in [3.63, 3.8) is 0 Å². The molecule has 0 radical (unpaired) electrons. The molecular formula is C13H11F2N3O2. The summed E-state index contributed by atoms with van der Waals surface area (Å²) >= 11 is 0. The van der Waals surface area contributed by atoms with Crippen LogP contribution in [0.2, 0.25) is 0 Å². The molecule has 7 heteroatoms. The minimum absolute atomic E-state index is 0.0785. The topological polar surface area (TPSA) is 68.1 Å². The minimum atomic E-state index is -0.966. The second kappa shape index (κ2) is 5.60. The van der Waals surface area contributed by atoms with Gasteiger partial charge in [0.15, 0.2) is 11.6 Å².